The molecule has 1 atom stereocenters. The number of benzene rings is 1. The van der Waals surface area contributed by atoms with Crippen LogP contribution in [-0.4, -0.2) is 41.1 Å². The van der Waals surface area contributed by atoms with Gasteiger partial charge in [-0.3, -0.25) is 4.79 Å². The molecule has 1 saturated heterocycles. The minimum atomic E-state index is 0.158. The summed E-state index contributed by atoms with van der Waals surface area (Å²) >= 11 is 1.70. The molecular weight excluding hydrogens is 342 g/mol. The van der Waals surface area contributed by atoms with Crippen molar-refractivity contribution in [1.82, 2.24) is 9.47 Å². The van der Waals surface area contributed by atoms with E-state index in [1.807, 2.05) is 4.90 Å². The number of amides is 1. The molecule has 0 saturated carbocycles. The monoisotopic (exact) mass is 367 g/mol. The molecule has 136 valence electrons. The van der Waals surface area contributed by atoms with E-state index < -0.39 is 0 Å². The number of hydrogen-bond acceptors (Lipinski definition) is 3. The van der Waals surface area contributed by atoms with Crippen LogP contribution in [0.15, 0.2) is 41.8 Å². The number of aryl methyl sites for hydroxylation is 2. The molecule has 0 bridgehead atoms. The minimum absolute atomic E-state index is 0.158. The molecule has 3 heterocycles. The summed E-state index contributed by atoms with van der Waals surface area (Å²) in [6, 6.07) is 13.1. The number of carbonyl (C=O) groups is 1. The second-order valence-corrected chi connectivity index (χ2v) is 8.02. The van der Waals surface area contributed by atoms with E-state index >= 15 is 0 Å². The number of carbonyl (C=O) groups excluding carboxylic acids is 1. The Morgan fingerprint density at radius 3 is 2.81 bits per heavy atom. The standard InChI is InChI=1S/C21H25N3OS/c1-4-23-18-8-11-26-20(18)13-19(23)21(25)22-9-10-24(16(3)14-22)17-7-5-6-15(2)12-17/h5-8,11-13,16H,4,9-10,14H2,1-3H3/t16-/m1/s1. The number of thiophene rings is 1. The van der Waals surface area contributed by atoms with Crippen molar-refractivity contribution in [2.24, 2.45) is 0 Å². The summed E-state index contributed by atoms with van der Waals surface area (Å²) in [6.07, 6.45) is 0. The van der Waals surface area contributed by atoms with Gasteiger partial charge in [-0.1, -0.05) is 12.1 Å². The van der Waals surface area contributed by atoms with Gasteiger partial charge < -0.3 is 14.4 Å². The fourth-order valence-corrected chi connectivity index (χ4v) is 4.81. The van der Waals surface area contributed by atoms with Gasteiger partial charge in [-0.15, -0.1) is 11.3 Å². The molecule has 4 nitrogen and oxygen atoms in total. The zero-order chi connectivity index (χ0) is 18.3. The van der Waals surface area contributed by atoms with E-state index in [1.165, 1.54) is 21.5 Å². The summed E-state index contributed by atoms with van der Waals surface area (Å²) in [4.78, 5) is 17.6. The number of aromatic nitrogens is 1. The molecule has 0 spiro atoms. The Morgan fingerprint density at radius 2 is 2.08 bits per heavy atom. The quantitative estimate of drug-likeness (QED) is 0.687. The third kappa shape index (κ3) is 2.90. The van der Waals surface area contributed by atoms with Crippen molar-refractivity contribution in [3.63, 3.8) is 0 Å². The molecule has 0 aliphatic carbocycles. The van der Waals surface area contributed by atoms with Gasteiger partial charge in [0.2, 0.25) is 0 Å². The van der Waals surface area contributed by atoms with Gasteiger partial charge in [-0.05, 0) is 56.0 Å². The summed E-state index contributed by atoms with van der Waals surface area (Å²) in [5, 5.41) is 2.09. The number of hydrogen-bond donors (Lipinski definition) is 0. The van der Waals surface area contributed by atoms with Gasteiger partial charge in [0.05, 0.1) is 10.2 Å². The Hall–Kier alpha value is -2.27. The van der Waals surface area contributed by atoms with Crippen molar-refractivity contribution >= 4 is 33.1 Å². The van der Waals surface area contributed by atoms with Gasteiger partial charge >= 0.3 is 0 Å². The molecule has 5 heteroatoms. The largest absolute Gasteiger partial charge is 0.365 e. The molecule has 1 fully saturated rings. The molecule has 2 aromatic heterocycles. The van der Waals surface area contributed by atoms with Gasteiger partial charge in [-0.2, -0.15) is 0 Å². The molecule has 0 unspecified atom stereocenters. The van der Waals surface area contributed by atoms with Crippen molar-refractivity contribution < 1.29 is 4.79 Å². The highest BCUT2D eigenvalue weighted by molar-refractivity contribution is 7.17. The summed E-state index contributed by atoms with van der Waals surface area (Å²) < 4.78 is 3.34. The second-order valence-electron chi connectivity index (χ2n) is 7.08. The van der Waals surface area contributed by atoms with Crippen LogP contribution in [0.1, 0.15) is 29.9 Å². The van der Waals surface area contributed by atoms with Gasteiger partial charge in [0.25, 0.3) is 5.91 Å². The average Bonchev–Trinajstić information content (AvgIpc) is 3.21. The zero-order valence-corrected chi connectivity index (χ0v) is 16.4. The van der Waals surface area contributed by atoms with Crippen LogP contribution in [0.4, 0.5) is 5.69 Å². The maximum atomic E-state index is 13.2. The van der Waals surface area contributed by atoms with Crippen LogP contribution in [0.2, 0.25) is 0 Å². The highest BCUT2D eigenvalue weighted by atomic mass is 32.1. The fraction of sp³-hybridized carbons (Fsp3) is 0.381. The van der Waals surface area contributed by atoms with Gasteiger partial charge in [0, 0.05) is 37.9 Å². The Bertz CT molecular complexity index is 942. The van der Waals surface area contributed by atoms with Gasteiger partial charge in [-0.25, -0.2) is 0 Å². The Kier molecular flexibility index (Phi) is 4.49. The lowest BCUT2D eigenvalue weighted by Gasteiger charge is -2.41. The van der Waals surface area contributed by atoms with Gasteiger partial charge in [0.1, 0.15) is 5.69 Å². The molecule has 1 aliphatic heterocycles. The molecular formula is C21H25N3OS. The fourth-order valence-electron chi connectivity index (χ4n) is 3.99. The predicted octanol–water partition coefficient (Wildman–Crippen LogP) is 4.38. The van der Waals surface area contributed by atoms with E-state index in [4.69, 9.17) is 0 Å². The van der Waals surface area contributed by atoms with E-state index in [9.17, 15) is 4.79 Å². The normalized spacial score (nSPS) is 17.9. The summed E-state index contributed by atoms with van der Waals surface area (Å²) in [7, 11) is 0. The molecule has 3 aromatic rings. The Labute approximate surface area is 158 Å². The van der Waals surface area contributed by atoms with Crippen LogP contribution in [0.5, 0.6) is 0 Å². The number of anilines is 1. The third-order valence-electron chi connectivity index (χ3n) is 5.31. The van der Waals surface area contributed by atoms with Crippen molar-refractivity contribution in [3.8, 4) is 0 Å². The number of nitrogens with zero attached hydrogens (tertiary/aromatic N) is 3. The predicted molar refractivity (Wildman–Crippen MR) is 109 cm³/mol. The van der Waals surface area contributed by atoms with Crippen molar-refractivity contribution in [2.45, 2.75) is 33.4 Å². The highest BCUT2D eigenvalue weighted by Crippen LogP contribution is 2.27. The van der Waals surface area contributed by atoms with Crippen LogP contribution in [-0.2, 0) is 6.54 Å². The topological polar surface area (TPSA) is 28.5 Å². The van der Waals surface area contributed by atoms with Gasteiger partial charge in [0.15, 0.2) is 0 Å². The van der Waals surface area contributed by atoms with E-state index in [0.717, 1.165) is 31.9 Å². The first-order valence-electron chi connectivity index (χ1n) is 9.27. The molecule has 4 rings (SSSR count). The molecule has 1 amide bonds. The molecule has 0 N–H and O–H groups in total. The van der Waals surface area contributed by atoms with Crippen molar-refractivity contribution in [2.75, 3.05) is 24.5 Å². The number of rotatable bonds is 3. The first-order valence-corrected chi connectivity index (χ1v) is 10.2. The lowest BCUT2D eigenvalue weighted by molar-refractivity contribution is 0.0716. The Balaban J connectivity index is 1.54. The number of piperazine rings is 1. The number of fused-ring (bicyclic) bond motifs is 1. The van der Waals surface area contributed by atoms with Crippen LogP contribution in [0, 0.1) is 6.92 Å². The zero-order valence-electron chi connectivity index (χ0n) is 15.6. The van der Waals surface area contributed by atoms with E-state index in [-0.39, 0.29) is 5.91 Å². The Morgan fingerprint density at radius 1 is 1.23 bits per heavy atom. The summed E-state index contributed by atoms with van der Waals surface area (Å²) in [6.45, 7) is 9.65. The van der Waals surface area contributed by atoms with E-state index in [0.29, 0.717) is 6.04 Å². The van der Waals surface area contributed by atoms with Crippen molar-refractivity contribution in [3.05, 3.63) is 53.0 Å². The van der Waals surface area contributed by atoms with Crippen LogP contribution < -0.4 is 4.90 Å². The third-order valence-corrected chi connectivity index (χ3v) is 6.16. The average molecular weight is 368 g/mol. The maximum absolute atomic E-state index is 13.2. The smallest absolute Gasteiger partial charge is 0.270 e. The van der Waals surface area contributed by atoms with Crippen LogP contribution in [0.3, 0.4) is 0 Å². The summed E-state index contributed by atoms with van der Waals surface area (Å²) in [5.41, 5.74) is 4.52. The SMILES string of the molecule is CCn1c(C(=O)N2CCN(c3cccc(C)c3)[C@H](C)C2)cc2sccc21. The lowest BCUT2D eigenvalue weighted by Crippen LogP contribution is -2.54. The molecule has 1 aromatic carbocycles. The highest BCUT2D eigenvalue weighted by Gasteiger charge is 2.29. The second kappa shape index (κ2) is 6.80. The summed E-state index contributed by atoms with van der Waals surface area (Å²) in [5.74, 6) is 0.158. The molecule has 26 heavy (non-hydrogen) atoms. The first-order chi connectivity index (χ1) is 12.6. The molecule has 0 radical (unpaired) electrons. The maximum Gasteiger partial charge on any atom is 0.270 e. The van der Waals surface area contributed by atoms with Crippen molar-refractivity contribution in [1.29, 1.82) is 0 Å². The minimum Gasteiger partial charge on any atom is -0.365 e. The van der Waals surface area contributed by atoms with E-state index in [1.54, 1.807) is 11.3 Å². The van der Waals surface area contributed by atoms with Crippen LogP contribution in [0.25, 0.3) is 10.2 Å². The van der Waals surface area contributed by atoms with E-state index in [2.05, 4.69) is 72.0 Å². The molecule has 1 aliphatic rings. The lowest BCUT2D eigenvalue weighted by atomic mass is 10.1. The van der Waals surface area contributed by atoms with Crippen LogP contribution >= 0.6 is 11.3 Å². The first kappa shape index (κ1) is 17.2.